The number of aliphatic hydroxyl groups is 1. The highest BCUT2D eigenvalue weighted by molar-refractivity contribution is 7.49. The number of aliphatic hydroxyl groups excluding tert-OH is 1. The fourth-order valence-corrected chi connectivity index (χ4v) is 4.37. The summed E-state index contributed by atoms with van der Waals surface area (Å²) in [5.41, 5.74) is -0.300. The smallest absolute Gasteiger partial charge is 0.404 e. The Kier molecular flexibility index (Phi) is 5.18. The van der Waals surface area contributed by atoms with Crippen molar-refractivity contribution in [2.24, 2.45) is 0 Å². The van der Waals surface area contributed by atoms with Gasteiger partial charge in [0.05, 0.1) is 25.5 Å². The molecule has 2 aromatic rings. The molecule has 0 amide bonds. The quantitative estimate of drug-likeness (QED) is 0.699. The number of aromatic amines is 1. The first-order valence-electron chi connectivity index (χ1n) is 8.77. The van der Waals surface area contributed by atoms with Crippen LogP contribution < -0.4 is 15.8 Å². The molecule has 3 heterocycles. The number of rotatable bonds is 4. The van der Waals surface area contributed by atoms with Crippen molar-refractivity contribution < 1.29 is 32.4 Å². The van der Waals surface area contributed by atoms with E-state index >= 15 is 0 Å². The van der Waals surface area contributed by atoms with Crippen molar-refractivity contribution in [3.05, 3.63) is 62.2 Å². The maximum atomic E-state index is 13.5. The Balaban J connectivity index is 1.42. The maximum Gasteiger partial charge on any atom is 0.530 e. The molecule has 0 radical (unpaired) electrons. The van der Waals surface area contributed by atoms with Gasteiger partial charge < -0.3 is 14.4 Å². The standard InChI is InChI=1S/C17H18FN2O8P/c1-9-2-3-13-10(4-9)7-25-29(24,28-13)26-8-14-12(21)5-15(27-14)20-6-11(18)16(22)19-17(20)23/h2-4,6,12,14-15,21H,5,7-8H2,1H3,(H,19,22,23)/t12-,14+,15+,29?/m0/s1. The molecule has 156 valence electrons. The Bertz CT molecular complexity index is 1100. The molecule has 2 aliphatic heterocycles. The normalized spacial score (nSPS) is 28.7. The van der Waals surface area contributed by atoms with Crippen LogP contribution in [-0.2, 0) is 25.0 Å². The number of phosphoric acid groups is 1. The van der Waals surface area contributed by atoms with E-state index in [1.165, 1.54) is 0 Å². The summed E-state index contributed by atoms with van der Waals surface area (Å²) in [6.07, 6.45) is -2.45. The van der Waals surface area contributed by atoms with Crippen molar-refractivity contribution in [1.29, 1.82) is 0 Å². The van der Waals surface area contributed by atoms with Gasteiger partial charge in [-0.05, 0) is 13.0 Å². The molecule has 1 unspecified atom stereocenters. The minimum atomic E-state index is -3.92. The molecule has 0 saturated carbocycles. The van der Waals surface area contributed by atoms with Gasteiger partial charge in [0.15, 0.2) is 0 Å². The molecule has 2 aliphatic rings. The zero-order valence-electron chi connectivity index (χ0n) is 15.2. The molecule has 0 bridgehead atoms. The lowest BCUT2D eigenvalue weighted by molar-refractivity contribution is -0.0471. The van der Waals surface area contributed by atoms with Crippen LogP contribution in [-0.4, -0.2) is 33.5 Å². The molecule has 4 atom stereocenters. The predicted octanol–water partition coefficient (Wildman–Crippen LogP) is 1.37. The molecule has 4 rings (SSSR count). The van der Waals surface area contributed by atoms with Crippen LogP contribution in [0.25, 0.3) is 0 Å². The molecule has 1 aromatic heterocycles. The molecular weight excluding hydrogens is 410 g/mol. The Morgan fingerprint density at radius 3 is 3.00 bits per heavy atom. The van der Waals surface area contributed by atoms with Gasteiger partial charge in [-0.2, -0.15) is 4.39 Å². The Hall–Kier alpha value is -2.30. The highest BCUT2D eigenvalue weighted by Crippen LogP contribution is 2.54. The van der Waals surface area contributed by atoms with Crippen LogP contribution in [0.5, 0.6) is 5.75 Å². The average Bonchev–Trinajstić information content (AvgIpc) is 3.04. The fourth-order valence-electron chi connectivity index (χ4n) is 3.14. The van der Waals surface area contributed by atoms with Crippen LogP contribution >= 0.6 is 7.82 Å². The minimum absolute atomic E-state index is 0.0387. The Morgan fingerprint density at radius 1 is 1.41 bits per heavy atom. The Labute approximate surface area is 163 Å². The number of ether oxygens (including phenoxy) is 1. The van der Waals surface area contributed by atoms with Crippen molar-refractivity contribution in [1.82, 2.24) is 9.55 Å². The van der Waals surface area contributed by atoms with Crippen LogP contribution in [0.1, 0.15) is 23.8 Å². The van der Waals surface area contributed by atoms with E-state index in [1.54, 1.807) is 12.1 Å². The lowest BCUT2D eigenvalue weighted by atomic mass is 10.1. The molecule has 2 N–H and O–H groups in total. The van der Waals surface area contributed by atoms with Gasteiger partial charge in [-0.25, -0.2) is 9.36 Å². The summed E-state index contributed by atoms with van der Waals surface area (Å²) >= 11 is 0. The fraction of sp³-hybridized carbons (Fsp3) is 0.412. The molecule has 29 heavy (non-hydrogen) atoms. The predicted molar refractivity (Wildman–Crippen MR) is 96.0 cm³/mol. The third-order valence-corrected chi connectivity index (χ3v) is 5.97. The molecule has 12 heteroatoms. The van der Waals surface area contributed by atoms with Crippen LogP contribution in [0.15, 0.2) is 34.0 Å². The van der Waals surface area contributed by atoms with Crippen molar-refractivity contribution >= 4 is 7.82 Å². The van der Waals surface area contributed by atoms with E-state index in [0.29, 0.717) is 11.9 Å². The summed E-state index contributed by atoms with van der Waals surface area (Å²) in [5, 5.41) is 10.2. The van der Waals surface area contributed by atoms with Crippen LogP contribution in [0.4, 0.5) is 4.39 Å². The van der Waals surface area contributed by atoms with Gasteiger partial charge in [-0.1, -0.05) is 17.7 Å². The molecule has 1 fully saturated rings. The van der Waals surface area contributed by atoms with Crippen molar-refractivity contribution in [2.75, 3.05) is 6.61 Å². The topological polar surface area (TPSA) is 129 Å². The SMILES string of the molecule is Cc1ccc2c(c1)COP(=O)(OC[C@H]1O[C@@H](n3cc(F)c(=O)[nH]c3=O)C[C@@H]1O)O2. The van der Waals surface area contributed by atoms with Gasteiger partial charge in [0, 0.05) is 12.0 Å². The highest BCUT2D eigenvalue weighted by atomic mass is 31.2. The van der Waals surface area contributed by atoms with Crippen molar-refractivity contribution in [2.45, 2.75) is 38.4 Å². The van der Waals surface area contributed by atoms with E-state index in [1.807, 2.05) is 18.0 Å². The van der Waals surface area contributed by atoms with E-state index in [-0.39, 0.29) is 19.6 Å². The van der Waals surface area contributed by atoms with E-state index in [9.17, 15) is 23.7 Å². The van der Waals surface area contributed by atoms with Gasteiger partial charge in [0.25, 0.3) is 5.56 Å². The number of fused-ring (bicyclic) bond motifs is 1. The number of aryl methyl sites for hydroxylation is 1. The van der Waals surface area contributed by atoms with Crippen LogP contribution in [0, 0.1) is 12.7 Å². The van der Waals surface area contributed by atoms with Gasteiger partial charge in [-0.3, -0.25) is 23.4 Å². The number of benzene rings is 1. The monoisotopic (exact) mass is 428 g/mol. The second-order valence-corrected chi connectivity index (χ2v) is 8.39. The lowest BCUT2D eigenvalue weighted by Gasteiger charge is -2.26. The summed E-state index contributed by atoms with van der Waals surface area (Å²) in [4.78, 5) is 24.8. The number of halogens is 1. The maximum absolute atomic E-state index is 13.5. The summed E-state index contributed by atoms with van der Waals surface area (Å²) in [5.74, 6) is -0.782. The van der Waals surface area contributed by atoms with E-state index in [0.717, 1.165) is 15.7 Å². The number of hydrogen-bond acceptors (Lipinski definition) is 8. The van der Waals surface area contributed by atoms with E-state index < -0.39 is 43.3 Å². The van der Waals surface area contributed by atoms with Gasteiger partial charge in [0.2, 0.25) is 5.82 Å². The first-order chi connectivity index (χ1) is 13.7. The molecule has 1 aromatic carbocycles. The summed E-state index contributed by atoms with van der Waals surface area (Å²) in [7, 11) is -3.92. The first kappa shape index (κ1) is 20.0. The van der Waals surface area contributed by atoms with Crippen molar-refractivity contribution in [3.63, 3.8) is 0 Å². The lowest BCUT2D eigenvalue weighted by Crippen LogP contribution is -2.34. The van der Waals surface area contributed by atoms with Gasteiger partial charge >= 0.3 is 13.5 Å². The first-order valence-corrected chi connectivity index (χ1v) is 10.2. The number of phosphoric ester groups is 1. The van der Waals surface area contributed by atoms with Gasteiger partial charge in [-0.15, -0.1) is 0 Å². The molecule has 1 saturated heterocycles. The molecule has 0 aliphatic carbocycles. The third kappa shape index (κ3) is 4.05. The number of hydrogen-bond donors (Lipinski definition) is 2. The van der Waals surface area contributed by atoms with Crippen LogP contribution in [0.3, 0.4) is 0 Å². The number of aromatic nitrogens is 2. The average molecular weight is 428 g/mol. The van der Waals surface area contributed by atoms with E-state index in [4.69, 9.17) is 18.3 Å². The summed E-state index contributed by atoms with van der Waals surface area (Å²) in [6, 6.07) is 5.30. The zero-order chi connectivity index (χ0) is 20.8. The minimum Gasteiger partial charge on any atom is -0.404 e. The number of nitrogens with zero attached hydrogens (tertiary/aromatic N) is 1. The molecule has 0 spiro atoms. The van der Waals surface area contributed by atoms with Crippen molar-refractivity contribution in [3.8, 4) is 5.75 Å². The van der Waals surface area contributed by atoms with Crippen LogP contribution in [0.2, 0.25) is 0 Å². The van der Waals surface area contributed by atoms with E-state index in [2.05, 4.69) is 0 Å². The second-order valence-electron chi connectivity index (χ2n) is 6.79. The third-order valence-electron chi connectivity index (χ3n) is 4.64. The zero-order valence-corrected chi connectivity index (χ0v) is 16.1. The highest BCUT2D eigenvalue weighted by Gasteiger charge is 2.40. The number of nitrogens with one attached hydrogen (secondary N) is 1. The van der Waals surface area contributed by atoms with Gasteiger partial charge in [0.1, 0.15) is 18.1 Å². The Morgan fingerprint density at radius 2 is 2.21 bits per heavy atom. The molecule has 10 nitrogen and oxygen atoms in total. The summed E-state index contributed by atoms with van der Waals surface area (Å²) in [6.45, 7) is 1.59. The number of H-pyrrole nitrogens is 1. The summed E-state index contributed by atoms with van der Waals surface area (Å²) < 4.78 is 48.4. The molecular formula is C17H18FN2O8P. The second kappa shape index (κ2) is 7.51. The largest absolute Gasteiger partial charge is 0.530 e.